The zero-order valence-corrected chi connectivity index (χ0v) is 26.5. The summed E-state index contributed by atoms with van der Waals surface area (Å²) in [5, 5.41) is 8.59. The molecule has 1 aromatic carbocycles. The SMILES string of the molecule is N#Cc1ncc(-c2ccc3ncc4c(=O)n(COP(=O)([O-])[O-])c(=O)n(-c5cccc(C(F)(F)F)c5)c4c3n2)cn1.[Na+].[Na+]. The van der Waals surface area contributed by atoms with Gasteiger partial charge in [0.25, 0.3) is 5.56 Å². The monoisotopic (exact) mass is 615 g/mol. The average Bonchev–Trinajstić information content (AvgIpc) is 2.92. The summed E-state index contributed by atoms with van der Waals surface area (Å²) in [6.07, 6.45) is -1.17. The Morgan fingerprint density at radius 1 is 1.02 bits per heavy atom. The maximum absolute atomic E-state index is 13.5. The molecule has 0 saturated heterocycles. The molecule has 0 amide bonds. The first-order valence-corrected chi connectivity index (χ1v) is 12.4. The number of pyridine rings is 2. The van der Waals surface area contributed by atoms with Crippen LogP contribution in [0.4, 0.5) is 13.2 Å². The number of phosphoric ester groups is 1. The van der Waals surface area contributed by atoms with E-state index in [1.807, 2.05) is 0 Å². The zero-order valence-electron chi connectivity index (χ0n) is 21.6. The minimum atomic E-state index is -5.65. The van der Waals surface area contributed by atoms with Gasteiger partial charge in [0.2, 0.25) is 5.82 Å². The van der Waals surface area contributed by atoms with Crippen molar-refractivity contribution in [1.82, 2.24) is 29.1 Å². The van der Waals surface area contributed by atoms with Gasteiger partial charge < -0.3 is 18.9 Å². The summed E-state index contributed by atoms with van der Waals surface area (Å²) in [5.74, 6) is -0.112. The molecule has 0 radical (unpaired) electrons. The van der Waals surface area contributed by atoms with Crippen molar-refractivity contribution in [2.75, 3.05) is 0 Å². The van der Waals surface area contributed by atoms with E-state index >= 15 is 0 Å². The van der Waals surface area contributed by atoms with Gasteiger partial charge in [0.05, 0.1) is 41.2 Å². The molecule has 0 aliphatic heterocycles. The van der Waals surface area contributed by atoms with Crippen LogP contribution in [0.1, 0.15) is 11.4 Å². The van der Waals surface area contributed by atoms with Crippen molar-refractivity contribution < 1.29 is 91.2 Å². The first-order valence-electron chi connectivity index (χ1n) is 10.9. The van der Waals surface area contributed by atoms with Crippen LogP contribution >= 0.6 is 7.82 Å². The van der Waals surface area contributed by atoms with Crippen LogP contribution in [-0.4, -0.2) is 29.1 Å². The van der Waals surface area contributed by atoms with Gasteiger partial charge in [0.1, 0.15) is 18.3 Å². The fourth-order valence-electron chi connectivity index (χ4n) is 3.87. The largest absolute Gasteiger partial charge is 1.00 e. The number of nitrogens with zero attached hydrogens (tertiary/aromatic N) is 7. The normalized spacial score (nSPS) is 11.5. The molecule has 4 aromatic heterocycles. The van der Waals surface area contributed by atoms with Crippen LogP contribution in [0.3, 0.4) is 0 Å². The van der Waals surface area contributed by atoms with Gasteiger partial charge in [0.15, 0.2) is 0 Å². The molecule has 0 saturated carbocycles. The van der Waals surface area contributed by atoms with E-state index in [0.29, 0.717) is 16.2 Å². The summed E-state index contributed by atoms with van der Waals surface area (Å²) in [6, 6.07) is 8.34. The molecule has 5 aromatic rings. The van der Waals surface area contributed by atoms with E-state index in [4.69, 9.17) is 5.26 Å². The predicted molar refractivity (Wildman–Crippen MR) is 126 cm³/mol. The maximum Gasteiger partial charge on any atom is 1.00 e. The van der Waals surface area contributed by atoms with Gasteiger partial charge in [-0.3, -0.25) is 14.3 Å². The molecule has 13 nitrogen and oxygen atoms in total. The third kappa shape index (κ3) is 6.71. The fraction of sp³-hybridized carbons (Fsp3) is 0.0870. The molecule has 0 bridgehead atoms. The molecule has 0 spiro atoms. The van der Waals surface area contributed by atoms with E-state index < -0.39 is 37.5 Å². The molecule has 0 aliphatic carbocycles. The Labute approximate surface area is 276 Å². The van der Waals surface area contributed by atoms with Crippen molar-refractivity contribution >= 4 is 29.8 Å². The summed E-state index contributed by atoms with van der Waals surface area (Å²) in [5.41, 5.74) is -3.59. The number of aromatic nitrogens is 6. The number of rotatable bonds is 5. The molecule has 19 heteroatoms. The second-order valence-corrected chi connectivity index (χ2v) is 9.25. The van der Waals surface area contributed by atoms with E-state index in [9.17, 15) is 37.1 Å². The predicted octanol–water partition coefficient (Wildman–Crippen LogP) is -4.75. The first kappa shape index (κ1) is 33.7. The van der Waals surface area contributed by atoms with E-state index in [0.717, 1.165) is 24.4 Å². The number of nitriles is 1. The summed E-state index contributed by atoms with van der Waals surface area (Å²) in [4.78, 5) is 65.1. The van der Waals surface area contributed by atoms with E-state index in [2.05, 4.69) is 24.5 Å². The fourth-order valence-corrected chi connectivity index (χ4v) is 4.12. The van der Waals surface area contributed by atoms with Gasteiger partial charge in [0, 0.05) is 24.2 Å². The van der Waals surface area contributed by atoms with Gasteiger partial charge in [-0.1, -0.05) is 6.07 Å². The molecular formula is C23H11F3N7Na2O6P. The molecule has 0 aliphatic rings. The first-order chi connectivity index (χ1) is 18.9. The van der Waals surface area contributed by atoms with Crippen LogP contribution in [0, 0.1) is 11.3 Å². The van der Waals surface area contributed by atoms with Crippen molar-refractivity contribution in [3.63, 3.8) is 0 Å². The van der Waals surface area contributed by atoms with Crippen LogP contribution in [0.25, 0.3) is 38.9 Å². The maximum atomic E-state index is 13.5. The summed E-state index contributed by atoms with van der Waals surface area (Å²) in [7, 11) is -5.65. The standard InChI is InChI=1S/C23H13F3N7O6P.2Na/c24-23(25,26)13-2-1-3-14(6-13)33-20-15(21(34)32(22(33)35)11-39-40(36,37)38)10-28-17-5-4-16(31-19(17)20)12-8-29-18(7-27)30-9-12;;/h1-6,8-10H,11H2,(H2,36,37,38);;/q;2*+1/p-2. The van der Waals surface area contributed by atoms with Crippen molar-refractivity contribution in [2.24, 2.45) is 0 Å². The Balaban J connectivity index is 0.00000242. The van der Waals surface area contributed by atoms with Crippen molar-refractivity contribution in [3.05, 3.63) is 87.2 Å². The summed E-state index contributed by atoms with van der Waals surface area (Å²) >= 11 is 0. The van der Waals surface area contributed by atoms with Gasteiger partial charge in [-0.15, -0.1) is 0 Å². The number of halogens is 3. The van der Waals surface area contributed by atoms with Crippen LogP contribution in [0.5, 0.6) is 0 Å². The zero-order chi connectivity index (χ0) is 28.8. The van der Waals surface area contributed by atoms with Crippen molar-refractivity contribution in [1.29, 1.82) is 5.26 Å². The number of fused-ring (bicyclic) bond motifs is 3. The summed E-state index contributed by atoms with van der Waals surface area (Å²) in [6.45, 7) is -1.33. The Morgan fingerprint density at radius 2 is 1.71 bits per heavy atom. The van der Waals surface area contributed by atoms with Crippen molar-refractivity contribution in [2.45, 2.75) is 12.9 Å². The van der Waals surface area contributed by atoms with Gasteiger partial charge in [-0.25, -0.2) is 24.3 Å². The molecule has 0 fully saturated rings. The minimum Gasteiger partial charge on any atom is -0.790 e. The summed E-state index contributed by atoms with van der Waals surface area (Å²) < 4.78 is 56.7. The van der Waals surface area contributed by atoms with Crippen LogP contribution in [-0.2, 0) is 22.0 Å². The van der Waals surface area contributed by atoms with Crippen LogP contribution in [0.2, 0.25) is 0 Å². The smallest absolute Gasteiger partial charge is 0.790 e. The number of alkyl halides is 3. The Hall–Kier alpha value is -2.81. The van der Waals surface area contributed by atoms with Gasteiger partial charge in [-0.05, 0) is 30.3 Å². The molecule has 5 rings (SSSR count). The molecular weight excluding hydrogens is 604 g/mol. The van der Waals surface area contributed by atoms with E-state index in [1.54, 1.807) is 6.07 Å². The Bertz CT molecular complexity index is 2030. The molecule has 0 atom stereocenters. The Kier molecular flexibility index (Phi) is 10.3. The van der Waals surface area contributed by atoms with Gasteiger partial charge in [-0.2, -0.15) is 18.4 Å². The number of hydrogen-bond acceptors (Lipinski definition) is 11. The number of hydrogen-bond donors (Lipinski definition) is 0. The third-order valence-corrected chi connectivity index (χ3v) is 6.06. The van der Waals surface area contributed by atoms with Crippen molar-refractivity contribution in [3.8, 4) is 23.0 Å². The Morgan fingerprint density at radius 3 is 2.33 bits per heavy atom. The second-order valence-electron chi connectivity index (χ2n) is 8.10. The van der Waals surface area contributed by atoms with Gasteiger partial charge >= 0.3 is 71.0 Å². The minimum absolute atomic E-state index is 0. The topological polar surface area (TPSA) is 192 Å². The molecule has 42 heavy (non-hydrogen) atoms. The van der Waals surface area contributed by atoms with Crippen LogP contribution in [0.15, 0.2) is 64.6 Å². The van der Waals surface area contributed by atoms with E-state index in [-0.39, 0.29) is 103 Å². The molecule has 0 unspecified atom stereocenters. The number of phosphoric acid groups is 1. The van der Waals surface area contributed by atoms with Crippen LogP contribution < -0.4 is 80.2 Å². The molecule has 0 N–H and O–H groups in total. The average molecular weight is 615 g/mol. The van der Waals surface area contributed by atoms with E-state index in [1.165, 1.54) is 24.5 Å². The quantitative estimate of drug-likeness (QED) is 0.105. The molecule has 202 valence electrons. The second kappa shape index (κ2) is 12.8. The third-order valence-electron chi connectivity index (χ3n) is 5.63. The molecule has 4 heterocycles. The number of benzene rings is 1.